The Balaban J connectivity index is 2.01. The number of ether oxygens (including phenoxy) is 1. The van der Waals surface area contributed by atoms with E-state index in [4.69, 9.17) is 4.74 Å². The van der Waals surface area contributed by atoms with Crippen LogP contribution in [0.25, 0.3) is 6.08 Å². The summed E-state index contributed by atoms with van der Waals surface area (Å²) in [4.78, 5) is 16.5. The summed E-state index contributed by atoms with van der Waals surface area (Å²) >= 11 is 8.10. The van der Waals surface area contributed by atoms with Gasteiger partial charge in [-0.25, -0.2) is 9.78 Å². The molecular weight excluding hydrogens is 382 g/mol. The summed E-state index contributed by atoms with van der Waals surface area (Å²) in [6.45, 7) is 0. The Morgan fingerprint density at radius 3 is 2.83 bits per heavy atom. The minimum Gasteiger partial charge on any atom is -0.420 e. The quantitative estimate of drug-likeness (QED) is 0.447. The molecule has 0 saturated heterocycles. The van der Waals surface area contributed by atoms with E-state index >= 15 is 0 Å². The number of halogens is 2. The van der Waals surface area contributed by atoms with Crippen LogP contribution >= 0.6 is 43.2 Å². The molecule has 3 nitrogen and oxygen atoms in total. The maximum Gasteiger partial charge on any atom is 0.336 e. The van der Waals surface area contributed by atoms with Crippen LogP contribution in [0.5, 0.6) is 5.75 Å². The first-order valence-electron chi connectivity index (χ1n) is 4.91. The number of nitrogens with zero attached hydrogens (tertiary/aromatic N) is 1. The van der Waals surface area contributed by atoms with Crippen LogP contribution in [-0.2, 0) is 4.79 Å². The van der Waals surface area contributed by atoms with E-state index in [0.29, 0.717) is 10.4 Å². The zero-order chi connectivity index (χ0) is 13.0. The predicted molar refractivity (Wildman–Crippen MR) is 78.6 cm³/mol. The van der Waals surface area contributed by atoms with E-state index in [9.17, 15) is 4.79 Å². The monoisotopic (exact) mass is 387 g/mol. The largest absolute Gasteiger partial charge is 0.420 e. The Kier molecular flexibility index (Phi) is 4.68. The average Bonchev–Trinajstić information content (AvgIpc) is 2.76. The molecule has 0 aromatic carbocycles. The molecule has 2 aromatic rings. The molecule has 6 heteroatoms. The lowest BCUT2D eigenvalue weighted by atomic mass is 10.4. The van der Waals surface area contributed by atoms with Crippen molar-refractivity contribution in [3.63, 3.8) is 0 Å². The molecule has 18 heavy (non-hydrogen) atoms. The van der Waals surface area contributed by atoms with Crippen molar-refractivity contribution in [3.05, 3.63) is 49.8 Å². The minimum absolute atomic E-state index is 0.402. The van der Waals surface area contributed by atoms with E-state index in [1.165, 1.54) is 17.4 Å². The highest BCUT2D eigenvalue weighted by Gasteiger charge is 2.05. The Morgan fingerprint density at radius 1 is 1.33 bits per heavy atom. The maximum absolute atomic E-state index is 11.6. The number of esters is 1. The van der Waals surface area contributed by atoms with Gasteiger partial charge < -0.3 is 4.74 Å². The van der Waals surface area contributed by atoms with Crippen molar-refractivity contribution in [2.45, 2.75) is 0 Å². The average molecular weight is 389 g/mol. The Hall–Kier alpha value is -0.980. The molecule has 0 aliphatic rings. The first kappa shape index (κ1) is 13.5. The summed E-state index contributed by atoms with van der Waals surface area (Å²) < 4.78 is 6.66. The number of thiophene rings is 1. The van der Waals surface area contributed by atoms with Gasteiger partial charge in [-0.2, -0.15) is 0 Å². The van der Waals surface area contributed by atoms with E-state index < -0.39 is 5.97 Å². The minimum atomic E-state index is -0.437. The van der Waals surface area contributed by atoms with Crippen LogP contribution in [-0.4, -0.2) is 11.0 Å². The molecule has 2 aromatic heterocycles. The molecule has 2 heterocycles. The van der Waals surface area contributed by atoms with E-state index in [1.807, 2.05) is 12.1 Å². The smallest absolute Gasteiger partial charge is 0.336 e. The summed E-state index contributed by atoms with van der Waals surface area (Å²) in [7, 11) is 0. The number of hydrogen-bond acceptors (Lipinski definition) is 4. The molecule has 0 bridgehead atoms. The van der Waals surface area contributed by atoms with Gasteiger partial charge in [-0.1, -0.05) is 0 Å². The summed E-state index contributed by atoms with van der Waals surface area (Å²) in [6.07, 6.45) is 4.71. The van der Waals surface area contributed by atoms with Crippen LogP contribution in [0.1, 0.15) is 4.88 Å². The van der Waals surface area contributed by atoms with Crippen LogP contribution in [0.3, 0.4) is 0 Å². The van der Waals surface area contributed by atoms with Crippen molar-refractivity contribution >= 4 is 55.2 Å². The first-order valence-corrected chi connectivity index (χ1v) is 7.31. The van der Waals surface area contributed by atoms with Gasteiger partial charge in [0.2, 0.25) is 0 Å². The van der Waals surface area contributed by atoms with Crippen LogP contribution in [0.2, 0.25) is 0 Å². The van der Waals surface area contributed by atoms with E-state index in [-0.39, 0.29) is 0 Å². The molecule has 0 radical (unpaired) electrons. The third-order valence-electron chi connectivity index (χ3n) is 1.91. The summed E-state index contributed by atoms with van der Waals surface area (Å²) in [5.74, 6) is -0.0345. The van der Waals surface area contributed by atoms with Gasteiger partial charge in [0.15, 0.2) is 5.75 Å². The zero-order valence-corrected chi connectivity index (χ0v) is 13.0. The molecule has 0 saturated carbocycles. The lowest BCUT2D eigenvalue weighted by Gasteiger charge is -2.01. The van der Waals surface area contributed by atoms with E-state index in [0.717, 1.165) is 8.66 Å². The van der Waals surface area contributed by atoms with E-state index in [2.05, 4.69) is 36.8 Å². The van der Waals surface area contributed by atoms with Crippen LogP contribution < -0.4 is 4.74 Å². The van der Waals surface area contributed by atoms with Crippen LogP contribution in [0, 0.1) is 0 Å². The first-order chi connectivity index (χ1) is 8.65. The summed E-state index contributed by atoms with van der Waals surface area (Å²) in [5.41, 5.74) is 0. The standard InChI is InChI=1S/C12H7Br2NO2S/c13-10-5-3-8(18-10)4-6-11(16)17-9-2-1-7-15-12(9)14/h1-7H/b6-4+. The van der Waals surface area contributed by atoms with Gasteiger partial charge >= 0.3 is 5.97 Å². The lowest BCUT2D eigenvalue weighted by Crippen LogP contribution is -2.04. The second-order valence-electron chi connectivity index (χ2n) is 3.19. The zero-order valence-electron chi connectivity index (χ0n) is 8.97. The van der Waals surface area contributed by atoms with Gasteiger partial charge in [0, 0.05) is 17.2 Å². The third-order valence-corrected chi connectivity index (χ3v) is 4.10. The normalized spacial score (nSPS) is 10.8. The third kappa shape index (κ3) is 3.76. The molecule has 0 spiro atoms. The lowest BCUT2D eigenvalue weighted by molar-refractivity contribution is -0.128. The number of carbonyl (C=O) groups excluding carboxylic acids is 1. The number of pyridine rings is 1. The highest BCUT2D eigenvalue weighted by molar-refractivity contribution is 9.11. The predicted octanol–water partition coefficient (Wildman–Crippen LogP) is 4.29. The van der Waals surface area contributed by atoms with Gasteiger partial charge in [-0.05, 0) is 62.2 Å². The van der Waals surface area contributed by atoms with E-state index in [1.54, 1.807) is 24.4 Å². The van der Waals surface area contributed by atoms with Gasteiger partial charge in [0.05, 0.1) is 3.79 Å². The molecule has 92 valence electrons. The molecule has 0 N–H and O–H groups in total. The molecule has 2 rings (SSSR count). The van der Waals surface area contributed by atoms with Crippen molar-refractivity contribution in [2.24, 2.45) is 0 Å². The number of carbonyl (C=O) groups is 1. The Morgan fingerprint density at radius 2 is 2.17 bits per heavy atom. The fraction of sp³-hybridized carbons (Fsp3) is 0. The van der Waals surface area contributed by atoms with Gasteiger partial charge in [-0.15, -0.1) is 11.3 Å². The summed E-state index contributed by atoms with van der Waals surface area (Å²) in [6, 6.07) is 7.21. The van der Waals surface area contributed by atoms with Crippen molar-refractivity contribution < 1.29 is 9.53 Å². The molecule has 0 atom stereocenters. The SMILES string of the molecule is O=C(/C=C/c1ccc(Br)s1)Oc1cccnc1Br. The van der Waals surface area contributed by atoms with Crippen LogP contribution in [0.4, 0.5) is 0 Å². The van der Waals surface area contributed by atoms with Crippen molar-refractivity contribution in [2.75, 3.05) is 0 Å². The fourth-order valence-corrected chi connectivity index (χ4v) is 2.82. The molecular formula is C12H7Br2NO2S. The number of rotatable bonds is 3. The molecule has 0 fully saturated rings. The highest BCUT2D eigenvalue weighted by atomic mass is 79.9. The van der Waals surface area contributed by atoms with Gasteiger partial charge in [-0.3, -0.25) is 0 Å². The topological polar surface area (TPSA) is 39.2 Å². The maximum atomic E-state index is 11.6. The highest BCUT2D eigenvalue weighted by Crippen LogP contribution is 2.24. The van der Waals surface area contributed by atoms with Crippen LogP contribution in [0.15, 0.2) is 44.9 Å². The molecule has 0 amide bonds. The molecule has 0 unspecified atom stereocenters. The number of aromatic nitrogens is 1. The summed E-state index contributed by atoms with van der Waals surface area (Å²) in [5, 5.41) is 0. The molecule has 0 aliphatic carbocycles. The molecule has 0 aliphatic heterocycles. The number of hydrogen-bond donors (Lipinski definition) is 0. The second kappa shape index (κ2) is 6.26. The Bertz CT molecular complexity index is 595. The van der Waals surface area contributed by atoms with Crippen molar-refractivity contribution in [1.82, 2.24) is 4.98 Å². The van der Waals surface area contributed by atoms with Crippen molar-refractivity contribution in [1.29, 1.82) is 0 Å². The van der Waals surface area contributed by atoms with Crippen molar-refractivity contribution in [3.8, 4) is 5.75 Å². The van der Waals surface area contributed by atoms with Gasteiger partial charge in [0.25, 0.3) is 0 Å². The fourth-order valence-electron chi connectivity index (χ4n) is 1.16. The Labute approximate surface area is 125 Å². The second-order valence-corrected chi connectivity index (χ2v) is 6.43. The van der Waals surface area contributed by atoms with Gasteiger partial charge in [0.1, 0.15) is 4.60 Å².